The predicted octanol–water partition coefficient (Wildman–Crippen LogP) is 13.9. The van der Waals surface area contributed by atoms with Crippen LogP contribution in [0.4, 0.5) is 17.1 Å². The van der Waals surface area contributed by atoms with Gasteiger partial charge < -0.3 is 9.32 Å². The van der Waals surface area contributed by atoms with Gasteiger partial charge in [0, 0.05) is 33.0 Å². The van der Waals surface area contributed by atoms with Gasteiger partial charge in [0.15, 0.2) is 5.58 Å². The van der Waals surface area contributed by atoms with Gasteiger partial charge in [-0.2, -0.15) is 0 Å². The van der Waals surface area contributed by atoms with Crippen molar-refractivity contribution in [3.8, 4) is 22.3 Å². The number of benzene rings is 6. The van der Waals surface area contributed by atoms with Gasteiger partial charge in [0.1, 0.15) is 5.58 Å². The first-order valence-corrected chi connectivity index (χ1v) is 18.4. The fourth-order valence-electron chi connectivity index (χ4n) is 9.48. The molecule has 2 heteroatoms. The number of hydrogen-bond donors (Lipinski definition) is 0. The molecule has 6 aromatic carbocycles. The standard InChI is InChI=1S/C49H47NO/c1-28-22-30(3)44-36-23-29(2)24-42(46(36)51-43(44)25-28)50(31-18-20-34-33-14-11-12-15-37(33)48(7,8)40(34)26-31)32-19-21-35-41(27-32)49(9,10)39-17-13-16-38(45(35)39)47(4,5)6/h11-27H,1-10H3. The van der Waals surface area contributed by atoms with Crippen molar-refractivity contribution in [3.05, 3.63) is 148 Å². The van der Waals surface area contributed by atoms with Crippen molar-refractivity contribution in [1.82, 2.24) is 0 Å². The van der Waals surface area contributed by atoms with Crippen LogP contribution < -0.4 is 4.90 Å². The minimum absolute atomic E-state index is 0.0352. The first-order valence-electron chi connectivity index (χ1n) is 18.4. The minimum Gasteiger partial charge on any atom is -0.454 e. The second-order valence-electron chi connectivity index (χ2n) is 17.3. The van der Waals surface area contributed by atoms with Gasteiger partial charge in [-0.1, -0.05) is 109 Å². The second kappa shape index (κ2) is 10.5. The third-order valence-electron chi connectivity index (χ3n) is 12.0. The molecule has 0 amide bonds. The quantitative estimate of drug-likeness (QED) is 0.187. The van der Waals surface area contributed by atoms with Crippen LogP contribution in [0.1, 0.15) is 93.0 Å². The predicted molar refractivity (Wildman–Crippen MR) is 216 cm³/mol. The molecule has 1 aromatic heterocycles. The molecular formula is C49H47NO. The first-order chi connectivity index (χ1) is 24.2. The van der Waals surface area contributed by atoms with Crippen LogP contribution in [-0.4, -0.2) is 0 Å². The maximum absolute atomic E-state index is 6.90. The summed E-state index contributed by atoms with van der Waals surface area (Å²) in [6.07, 6.45) is 0. The molecular weight excluding hydrogens is 619 g/mol. The summed E-state index contributed by atoms with van der Waals surface area (Å²) in [4.78, 5) is 2.46. The molecule has 0 aliphatic heterocycles. The Balaban J connectivity index is 1.33. The molecule has 1 heterocycles. The number of furan rings is 1. The molecule has 0 radical (unpaired) electrons. The van der Waals surface area contributed by atoms with Crippen LogP contribution >= 0.6 is 0 Å². The van der Waals surface area contributed by atoms with Gasteiger partial charge in [0.05, 0.1) is 5.69 Å². The summed E-state index contributed by atoms with van der Waals surface area (Å²) in [7, 11) is 0. The van der Waals surface area contributed by atoms with Crippen LogP contribution in [0.5, 0.6) is 0 Å². The van der Waals surface area contributed by atoms with Crippen molar-refractivity contribution in [2.24, 2.45) is 0 Å². The summed E-state index contributed by atoms with van der Waals surface area (Å²) >= 11 is 0. The maximum atomic E-state index is 6.90. The highest BCUT2D eigenvalue weighted by Crippen LogP contribution is 2.55. The van der Waals surface area contributed by atoms with E-state index in [4.69, 9.17) is 4.42 Å². The van der Waals surface area contributed by atoms with Crippen molar-refractivity contribution in [2.45, 2.75) is 85.5 Å². The van der Waals surface area contributed by atoms with Gasteiger partial charge in [-0.15, -0.1) is 0 Å². The lowest BCUT2D eigenvalue weighted by Crippen LogP contribution is -2.18. The second-order valence-corrected chi connectivity index (χ2v) is 17.3. The zero-order valence-electron chi connectivity index (χ0n) is 31.7. The van der Waals surface area contributed by atoms with Crippen molar-refractivity contribution >= 4 is 39.0 Å². The SMILES string of the molecule is Cc1cc(C)c2c(c1)oc1c(N(c3ccc4c(c3)C(C)(C)c3ccccc3-4)c3ccc4c(c3)C(C)(C)c3cccc(C(C)(C)C)c3-4)cc(C)cc12. The number of aryl methyl sites for hydroxylation is 3. The van der Waals surface area contributed by atoms with E-state index in [0.29, 0.717) is 0 Å². The van der Waals surface area contributed by atoms with Crippen LogP contribution in [0, 0.1) is 20.8 Å². The highest BCUT2D eigenvalue weighted by atomic mass is 16.3. The molecule has 0 bridgehead atoms. The highest BCUT2D eigenvalue weighted by molar-refractivity contribution is 6.12. The van der Waals surface area contributed by atoms with Crippen LogP contribution in [0.25, 0.3) is 44.2 Å². The smallest absolute Gasteiger partial charge is 0.159 e. The average molecular weight is 666 g/mol. The van der Waals surface area contributed by atoms with Gasteiger partial charge in [-0.25, -0.2) is 0 Å². The third-order valence-corrected chi connectivity index (χ3v) is 12.0. The molecule has 0 saturated heterocycles. The van der Waals surface area contributed by atoms with E-state index in [1.165, 1.54) is 77.5 Å². The molecule has 2 nitrogen and oxygen atoms in total. The first kappa shape index (κ1) is 31.9. The van der Waals surface area contributed by atoms with E-state index >= 15 is 0 Å². The van der Waals surface area contributed by atoms with E-state index < -0.39 is 0 Å². The maximum Gasteiger partial charge on any atom is 0.159 e. The number of nitrogens with zero attached hydrogens (tertiary/aromatic N) is 1. The molecule has 0 unspecified atom stereocenters. The Morgan fingerprint density at radius 3 is 1.90 bits per heavy atom. The van der Waals surface area contributed by atoms with E-state index in [9.17, 15) is 0 Å². The summed E-state index contributed by atoms with van der Waals surface area (Å²) in [5.41, 5.74) is 21.0. The molecule has 0 N–H and O–H groups in total. The van der Waals surface area contributed by atoms with E-state index in [-0.39, 0.29) is 16.2 Å². The minimum atomic E-state index is -0.148. The molecule has 7 aromatic rings. The molecule has 9 rings (SSSR count). The van der Waals surface area contributed by atoms with Crippen LogP contribution in [0.2, 0.25) is 0 Å². The monoisotopic (exact) mass is 665 g/mol. The number of hydrogen-bond acceptors (Lipinski definition) is 2. The van der Waals surface area contributed by atoms with Crippen molar-refractivity contribution in [3.63, 3.8) is 0 Å². The fraction of sp³-hybridized carbons (Fsp3) is 0.265. The normalized spacial score (nSPS) is 15.2. The average Bonchev–Trinajstić information content (AvgIpc) is 3.64. The summed E-state index contributed by atoms with van der Waals surface area (Å²) in [5.74, 6) is 0. The van der Waals surface area contributed by atoms with Crippen LogP contribution in [0.15, 0.2) is 108 Å². The lowest BCUT2D eigenvalue weighted by Gasteiger charge is -2.30. The molecule has 0 atom stereocenters. The lowest BCUT2D eigenvalue weighted by molar-refractivity contribution is 0.589. The van der Waals surface area contributed by atoms with E-state index in [2.05, 4.69) is 177 Å². The molecule has 0 saturated carbocycles. The van der Waals surface area contributed by atoms with Gasteiger partial charge in [0.2, 0.25) is 0 Å². The Morgan fingerprint density at radius 2 is 1.18 bits per heavy atom. The number of rotatable bonds is 3. The Bertz CT molecular complexity index is 2600. The van der Waals surface area contributed by atoms with Crippen molar-refractivity contribution < 1.29 is 4.42 Å². The summed E-state index contributed by atoms with van der Waals surface area (Å²) in [6, 6.07) is 39.1. The Labute approximate surface area is 302 Å². The molecule has 0 fully saturated rings. The van der Waals surface area contributed by atoms with Crippen LogP contribution in [0.3, 0.4) is 0 Å². The summed E-state index contributed by atoms with van der Waals surface area (Å²) < 4.78 is 6.90. The van der Waals surface area contributed by atoms with Gasteiger partial charge >= 0.3 is 0 Å². The molecule has 0 spiro atoms. The van der Waals surface area contributed by atoms with E-state index in [1.54, 1.807) is 0 Å². The zero-order valence-corrected chi connectivity index (χ0v) is 31.7. The van der Waals surface area contributed by atoms with Gasteiger partial charge in [-0.3, -0.25) is 0 Å². The van der Waals surface area contributed by atoms with Gasteiger partial charge in [-0.05, 0) is 135 Å². The third kappa shape index (κ3) is 4.48. The summed E-state index contributed by atoms with van der Waals surface area (Å²) in [6.45, 7) is 23.1. The molecule has 2 aliphatic rings. The number of anilines is 3. The van der Waals surface area contributed by atoms with Crippen molar-refractivity contribution in [2.75, 3.05) is 4.90 Å². The van der Waals surface area contributed by atoms with Crippen molar-refractivity contribution in [1.29, 1.82) is 0 Å². The Morgan fingerprint density at radius 1 is 0.569 bits per heavy atom. The highest BCUT2D eigenvalue weighted by Gasteiger charge is 2.40. The Hall–Kier alpha value is -5.08. The largest absolute Gasteiger partial charge is 0.454 e. The summed E-state index contributed by atoms with van der Waals surface area (Å²) in [5, 5.41) is 2.37. The number of fused-ring (bicyclic) bond motifs is 9. The molecule has 2 aliphatic carbocycles. The zero-order chi connectivity index (χ0) is 35.8. The molecule has 254 valence electrons. The Kier molecular flexibility index (Phi) is 6.55. The lowest BCUT2D eigenvalue weighted by atomic mass is 9.79. The topological polar surface area (TPSA) is 16.4 Å². The van der Waals surface area contributed by atoms with E-state index in [0.717, 1.165) is 28.2 Å². The fourth-order valence-corrected chi connectivity index (χ4v) is 9.48. The molecule has 51 heavy (non-hydrogen) atoms. The van der Waals surface area contributed by atoms with Gasteiger partial charge in [0.25, 0.3) is 0 Å². The van der Waals surface area contributed by atoms with E-state index in [1.807, 2.05) is 0 Å². The van der Waals surface area contributed by atoms with Crippen LogP contribution in [-0.2, 0) is 16.2 Å².